The van der Waals surface area contributed by atoms with Crippen LogP contribution in [0.5, 0.6) is 0 Å². The second kappa shape index (κ2) is 10.8. The quantitative estimate of drug-likeness (QED) is 0.243. The van der Waals surface area contributed by atoms with Crippen molar-refractivity contribution in [1.29, 1.82) is 0 Å². The molecule has 1 heterocycles. The first-order valence-electron chi connectivity index (χ1n) is 11.0. The summed E-state index contributed by atoms with van der Waals surface area (Å²) in [7, 11) is 0. The van der Waals surface area contributed by atoms with Crippen molar-refractivity contribution >= 4 is 45.7 Å². The maximum absolute atomic E-state index is 12.7. The highest BCUT2D eigenvalue weighted by molar-refractivity contribution is 6.30. The molecule has 10 heteroatoms. The molecule has 36 heavy (non-hydrogen) atoms. The molecule has 1 aromatic heterocycles. The van der Waals surface area contributed by atoms with Crippen molar-refractivity contribution in [2.24, 2.45) is 0 Å². The van der Waals surface area contributed by atoms with Gasteiger partial charge in [-0.25, -0.2) is 0 Å². The van der Waals surface area contributed by atoms with Crippen molar-refractivity contribution in [2.45, 2.75) is 12.8 Å². The molecule has 0 fully saturated rings. The third-order valence-corrected chi connectivity index (χ3v) is 5.78. The van der Waals surface area contributed by atoms with Crippen molar-refractivity contribution in [2.75, 3.05) is 11.9 Å². The van der Waals surface area contributed by atoms with E-state index in [0.29, 0.717) is 40.1 Å². The molecular weight excluding hydrogens is 484 g/mol. The van der Waals surface area contributed by atoms with Gasteiger partial charge in [-0.15, -0.1) is 0 Å². The maximum Gasteiger partial charge on any atom is 0.269 e. The number of hydrogen-bond donors (Lipinski definition) is 3. The second-order valence-corrected chi connectivity index (χ2v) is 8.50. The van der Waals surface area contributed by atoms with Gasteiger partial charge >= 0.3 is 0 Å². The number of halogens is 1. The Bertz CT molecular complexity index is 1500. The molecule has 0 bridgehead atoms. The molecule has 0 aliphatic rings. The van der Waals surface area contributed by atoms with Crippen LogP contribution in [0, 0.1) is 10.1 Å². The first-order chi connectivity index (χ1) is 17.3. The Balaban J connectivity index is 1.48. The number of nitrogens with one attached hydrogen (secondary N) is 3. The number of carbonyl (C=O) groups excluding carboxylic acids is 2. The van der Waals surface area contributed by atoms with Gasteiger partial charge in [-0.3, -0.25) is 24.5 Å². The summed E-state index contributed by atoms with van der Waals surface area (Å²) in [5.74, 6) is -0.879. The number of rotatable bonds is 8. The zero-order valence-electron chi connectivity index (χ0n) is 18.9. The summed E-state index contributed by atoms with van der Waals surface area (Å²) in [4.78, 5) is 50.8. The zero-order valence-corrected chi connectivity index (χ0v) is 19.7. The summed E-state index contributed by atoms with van der Waals surface area (Å²) >= 11 is 5.89. The smallest absolute Gasteiger partial charge is 0.269 e. The average Bonchev–Trinajstić information content (AvgIpc) is 2.85. The van der Waals surface area contributed by atoms with E-state index in [-0.39, 0.29) is 23.6 Å². The summed E-state index contributed by atoms with van der Waals surface area (Å²) in [6.07, 6.45) is 0.564. The highest BCUT2D eigenvalue weighted by atomic mass is 35.5. The van der Waals surface area contributed by atoms with Gasteiger partial charge in [0.05, 0.1) is 22.5 Å². The van der Waals surface area contributed by atoms with Crippen LogP contribution in [-0.4, -0.2) is 28.3 Å². The standard InChI is InChI=1S/C26H21ClN4O5/c27-18-8-4-16(5-9-18)12-13-28-25(33)21-15-20-22(2-1-3-23(20)30-26(21)34)29-24(32)14-17-6-10-19(11-7-17)31(35)36/h1-11,15H,12-14H2,(H,28,33)(H,29,32)(H,30,34). The lowest BCUT2D eigenvalue weighted by Gasteiger charge is -2.11. The average molecular weight is 505 g/mol. The lowest BCUT2D eigenvalue weighted by Crippen LogP contribution is -2.31. The number of fused-ring (bicyclic) bond motifs is 1. The third kappa shape index (κ3) is 5.94. The summed E-state index contributed by atoms with van der Waals surface area (Å²) < 4.78 is 0. The van der Waals surface area contributed by atoms with E-state index in [9.17, 15) is 24.5 Å². The van der Waals surface area contributed by atoms with E-state index < -0.39 is 16.4 Å². The van der Waals surface area contributed by atoms with Gasteiger partial charge in [-0.1, -0.05) is 41.9 Å². The molecule has 0 atom stereocenters. The SMILES string of the molecule is O=C(Cc1ccc([N+](=O)[O-])cc1)Nc1cccc2[nH]c(=O)c(C(=O)NCCc3ccc(Cl)cc3)cc12. The van der Waals surface area contributed by atoms with Gasteiger partial charge in [-0.05, 0) is 47.9 Å². The Kier molecular flexibility index (Phi) is 7.41. The number of anilines is 1. The first-order valence-corrected chi connectivity index (χ1v) is 11.4. The highest BCUT2D eigenvalue weighted by Crippen LogP contribution is 2.22. The Morgan fingerprint density at radius 2 is 1.67 bits per heavy atom. The number of aromatic amines is 1. The fourth-order valence-electron chi connectivity index (χ4n) is 3.69. The number of aromatic nitrogens is 1. The van der Waals surface area contributed by atoms with Gasteiger partial charge in [-0.2, -0.15) is 0 Å². The van der Waals surface area contributed by atoms with E-state index in [1.807, 2.05) is 12.1 Å². The number of nitro benzene ring substituents is 1. The Hall–Kier alpha value is -4.50. The van der Waals surface area contributed by atoms with Gasteiger partial charge in [0.25, 0.3) is 17.2 Å². The molecule has 0 aliphatic carbocycles. The Labute approximate surface area is 210 Å². The van der Waals surface area contributed by atoms with E-state index in [4.69, 9.17) is 11.6 Å². The molecule has 0 saturated heterocycles. The Morgan fingerprint density at radius 3 is 2.36 bits per heavy atom. The van der Waals surface area contributed by atoms with Crippen molar-refractivity contribution < 1.29 is 14.5 Å². The van der Waals surface area contributed by atoms with Crippen molar-refractivity contribution in [3.8, 4) is 0 Å². The number of carbonyl (C=O) groups is 2. The molecule has 0 unspecified atom stereocenters. The molecule has 3 aromatic carbocycles. The lowest BCUT2D eigenvalue weighted by molar-refractivity contribution is -0.384. The lowest BCUT2D eigenvalue weighted by atomic mass is 10.1. The normalized spacial score (nSPS) is 10.7. The number of non-ortho nitro benzene ring substituents is 1. The fraction of sp³-hybridized carbons (Fsp3) is 0.115. The summed E-state index contributed by atoms with van der Waals surface area (Å²) in [5, 5.41) is 17.5. The van der Waals surface area contributed by atoms with Crippen LogP contribution in [0.2, 0.25) is 5.02 Å². The molecule has 4 rings (SSSR count). The minimum Gasteiger partial charge on any atom is -0.352 e. The zero-order chi connectivity index (χ0) is 25.7. The second-order valence-electron chi connectivity index (χ2n) is 8.06. The summed E-state index contributed by atoms with van der Waals surface area (Å²) in [5.41, 5.74) is 1.81. The van der Waals surface area contributed by atoms with Crippen LogP contribution in [0.4, 0.5) is 11.4 Å². The number of amides is 2. The van der Waals surface area contributed by atoms with Crippen molar-refractivity contribution in [1.82, 2.24) is 10.3 Å². The number of nitrogens with zero attached hydrogens (tertiary/aromatic N) is 1. The molecule has 0 aliphatic heterocycles. The predicted octanol–water partition coefficient (Wildman–Crippen LogP) is 4.24. The molecule has 0 radical (unpaired) electrons. The van der Waals surface area contributed by atoms with E-state index in [2.05, 4.69) is 15.6 Å². The molecule has 2 amide bonds. The predicted molar refractivity (Wildman–Crippen MR) is 137 cm³/mol. The minimum absolute atomic E-state index is 0.00419. The number of pyridine rings is 1. The molecule has 9 nitrogen and oxygen atoms in total. The van der Waals surface area contributed by atoms with E-state index >= 15 is 0 Å². The molecule has 182 valence electrons. The molecule has 0 spiro atoms. The molecule has 0 saturated carbocycles. The van der Waals surface area contributed by atoms with Crippen molar-refractivity contribution in [3.63, 3.8) is 0 Å². The number of benzene rings is 3. The number of nitro groups is 1. The van der Waals surface area contributed by atoms with Gasteiger partial charge in [0.15, 0.2) is 0 Å². The maximum atomic E-state index is 12.7. The van der Waals surface area contributed by atoms with Crippen LogP contribution in [0.1, 0.15) is 21.5 Å². The Morgan fingerprint density at radius 1 is 0.972 bits per heavy atom. The summed E-state index contributed by atoms with van der Waals surface area (Å²) in [6, 6.07) is 19.4. The van der Waals surface area contributed by atoms with Gasteiger partial charge < -0.3 is 15.6 Å². The first kappa shape index (κ1) is 24.6. The van der Waals surface area contributed by atoms with E-state index in [1.54, 1.807) is 30.3 Å². The van der Waals surface area contributed by atoms with Crippen LogP contribution < -0.4 is 16.2 Å². The number of hydrogen-bond acceptors (Lipinski definition) is 5. The third-order valence-electron chi connectivity index (χ3n) is 5.53. The topological polar surface area (TPSA) is 134 Å². The highest BCUT2D eigenvalue weighted by Gasteiger charge is 2.15. The van der Waals surface area contributed by atoms with Crippen LogP contribution in [0.25, 0.3) is 10.9 Å². The monoisotopic (exact) mass is 504 g/mol. The van der Waals surface area contributed by atoms with Gasteiger partial charge in [0.1, 0.15) is 5.56 Å². The van der Waals surface area contributed by atoms with Crippen LogP contribution in [0.15, 0.2) is 77.6 Å². The van der Waals surface area contributed by atoms with Crippen LogP contribution >= 0.6 is 11.6 Å². The molecule has 3 N–H and O–H groups in total. The van der Waals surface area contributed by atoms with Crippen LogP contribution in [-0.2, 0) is 17.6 Å². The van der Waals surface area contributed by atoms with Crippen molar-refractivity contribution in [3.05, 3.63) is 115 Å². The summed E-state index contributed by atoms with van der Waals surface area (Å²) in [6.45, 7) is 0.325. The molecule has 4 aromatic rings. The molecular formula is C26H21ClN4O5. The van der Waals surface area contributed by atoms with Crippen LogP contribution in [0.3, 0.4) is 0 Å². The minimum atomic E-state index is -0.541. The van der Waals surface area contributed by atoms with E-state index in [0.717, 1.165) is 5.56 Å². The van der Waals surface area contributed by atoms with E-state index in [1.165, 1.54) is 30.3 Å². The van der Waals surface area contributed by atoms with Gasteiger partial charge in [0, 0.05) is 29.1 Å². The number of H-pyrrole nitrogens is 1. The van der Waals surface area contributed by atoms with Gasteiger partial charge in [0.2, 0.25) is 5.91 Å². The largest absolute Gasteiger partial charge is 0.352 e. The fourth-order valence-corrected chi connectivity index (χ4v) is 3.81.